The standard InChI is InChI=1S/C31H46N2O6/c1-31(34,12-16-36-3)20-25-19-27(24-7-9-26(37-4)10-8-24)30(21-32-25)39-22-23-6-11-29-28(18-23)33(14-17-38-29)13-5-15-35-2/h6-11,18,25,27,30,32,34H,5,12-17,19-22H2,1-4H3/t25-,27-,30+,31?/m1/s1. The van der Waals surface area contributed by atoms with Crippen LogP contribution in [0.1, 0.15) is 49.7 Å². The van der Waals surface area contributed by atoms with Crippen LogP contribution in [0.4, 0.5) is 5.69 Å². The molecule has 0 aromatic heterocycles. The Bertz CT molecular complexity index is 1010. The third kappa shape index (κ3) is 8.32. The zero-order valence-electron chi connectivity index (χ0n) is 24.0. The second-order valence-corrected chi connectivity index (χ2v) is 11.0. The zero-order chi connectivity index (χ0) is 27.7. The van der Waals surface area contributed by atoms with E-state index in [0.717, 1.165) is 61.8 Å². The van der Waals surface area contributed by atoms with Crippen molar-refractivity contribution in [1.29, 1.82) is 0 Å². The Morgan fingerprint density at radius 2 is 1.87 bits per heavy atom. The van der Waals surface area contributed by atoms with Crippen molar-refractivity contribution in [2.75, 3.05) is 65.7 Å². The number of benzene rings is 2. The molecule has 2 aliphatic heterocycles. The Hall–Kier alpha value is -2.36. The van der Waals surface area contributed by atoms with Crippen LogP contribution in [0.5, 0.6) is 11.5 Å². The summed E-state index contributed by atoms with van der Waals surface area (Å²) in [5.41, 5.74) is 2.71. The van der Waals surface area contributed by atoms with Gasteiger partial charge < -0.3 is 39.0 Å². The number of ether oxygens (including phenoxy) is 5. The minimum atomic E-state index is -0.786. The molecule has 2 N–H and O–H groups in total. The Morgan fingerprint density at radius 3 is 2.62 bits per heavy atom. The second-order valence-electron chi connectivity index (χ2n) is 11.0. The van der Waals surface area contributed by atoms with Gasteiger partial charge in [-0.3, -0.25) is 0 Å². The van der Waals surface area contributed by atoms with Gasteiger partial charge in [0.1, 0.15) is 18.1 Å². The summed E-state index contributed by atoms with van der Waals surface area (Å²) in [4.78, 5) is 2.38. The molecule has 1 unspecified atom stereocenters. The van der Waals surface area contributed by atoms with Crippen molar-refractivity contribution in [2.24, 2.45) is 0 Å². The van der Waals surface area contributed by atoms with Gasteiger partial charge in [0.05, 0.1) is 37.7 Å². The Morgan fingerprint density at radius 1 is 1.08 bits per heavy atom. The molecule has 0 amide bonds. The summed E-state index contributed by atoms with van der Waals surface area (Å²) in [6.45, 7) is 6.96. The predicted molar refractivity (Wildman–Crippen MR) is 153 cm³/mol. The molecule has 0 bridgehead atoms. The van der Waals surface area contributed by atoms with E-state index in [2.05, 4.69) is 40.5 Å². The smallest absolute Gasteiger partial charge is 0.142 e. The van der Waals surface area contributed by atoms with Crippen LogP contribution in [-0.2, 0) is 20.8 Å². The van der Waals surface area contributed by atoms with Gasteiger partial charge in [0.2, 0.25) is 0 Å². The third-order valence-corrected chi connectivity index (χ3v) is 7.89. The van der Waals surface area contributed by atoms with Gasteiger partial charge in [-0.1, -0.05) is 18.2 Å². The van der Waals surface area contributed by atoms with Gasteiger partial charge in [-0.25, -0.2) is 0 Å². The van der Waals surface area contributed by atoms with Gasteiger partial charge in [-0.05, 0) is 68.0 Å². The first-order chi connectivity index (χ1) is 18.9. The summed E-state index contributed by atoms with van der Waals surface area (Å²) < 4.78 is 28.4. The van der Waals surface area contributed by atoms with Crippen LogP contribution in [0.25, 0.3) is 0 Å². The number of hydrogen-bond acceptors (Lipinski definition) is 8. The fraction of sp³-hybridized carbons (Fsp3) is 0.613. The van der Waals surface area contributed by atoms with Crippen LogP contribution in [0, 0.1) is 0 Å². The highest BCUT2D eigenvalue weighted by Crippen LogP contribution is 2.36. The lowest BCUT2D eigenvalue weighted by molar-refractivity contribution is -0.0208. The quantitative estimate of drug-likeness (QED) is 0.345. The maximum atomic E-state index is 10.9. The lowest BCUT2D eigenvalue weighted by atomic mass is 9.80. The molecule has 0 radical (unpaired) electrons. The van der Waals surface area contributed by atoms with Crippen LogP contribution in [-0.4, -0.2) is 83.6 Å². The highest BCUT2D eigenvalue weighted by molar-refractivity contribution is 5.61. The van der Waals surface area contributed by atoms with E-state index >= 15 is 0 Å². The van der Waals surface area contributed by atoms with Gasteiger partial charge in [0.25, 0.3) is 0 Å². The second kappa shape index (κ2) is 14.3. The molecule has 2 heterocycles. The van der Waals surface area contributed by atoms with Crippen LogP contribution in [0.15, 0.2) is 42.5 Å². The molecule has 0 saturated carbocycles. The molecule has 2 aromatic rings. The molecule has 8 nitrogen and oxygen atoms in total. The minimum Gasteiger partial charge on any atom is -0.497 e. The first-order valence-corrected chi connectivity index (χ1v) is 14.1. The molecular weight excluding hydrogens is 496 g/mol. The normalized spacial score (nSPS) is 22.6. The van der Waals surface area contributed by atoms with Crippen molar-refractivity contribution in [1.82, 2.24) is 5.32 Å². The SMILES string of the molecule is COCCCN1CCOc2ccc(CO[C@H]3CN[C@@H](CC(C)(O)CCOC)C[C@@H]3c3ccc(OC)cc3)cc21. The van der Waals surface area contributed by atoms with Crippen LogP contribution in [0.2, 0.25) is 0 Å². The number of anilines is 1. The van der Waals surface area contributed by atoms with Crippen molar-refractivity contribution in [2.45, 2.75) is 62.9 Å². The van der Waals surface area contributed by atoms with Gasteiger partial charge in [0, 0.05) is 52.5 Å². The van der Waals surface area contributed by atoms with E-state index in [9.17, 15) is 5.11 Å². The summed E-state index contributed by atoms with van der Waals surface area (Å²) >= 11 is 0. The van der Waals surface area contributed by atoms with Crippen molar-refractivity contribution < 1.29 is 28.8 Å². The van der Waals surface area contributed by atoms with Crippen LogP contribution < -0.4 is 19.7 Å². The number of rotatable bonds is 14. The monoisotopic (exact) mass is 542 g/mol. The van der Waals surface area contributed by atoms with Gasteiger partial charge in [-0.2, -0.15) is 0 Å². The van der Waals surface area contributed by atoms with E-state index in [4.69, 9.17) is 23.7 Å². The first-order valence-electron chi connectivity index (χ1n) is 14.1. The highest BCUT2D eigenvalue weighted by atomic mass is 16.5. The molecule has 2 aliphatic rings. The van der Waals surface area contributed by atoms with E-state index in [1.807, 2.05) is 19.1 Å². The Labute approximate surface area is 233 Å². The van der Waals surface area contributed by atoms with Gasteiger partial charge >= 0.3 is 0 Å². The van der Waals surface area contributed by atoms with Crippen LogP contribution >= 0.6 is 0 Å². The average Bonchev–Trinajstić information content (AvgIpc) is 2.95. The van der Waals surface area contributed by atoms with E-state index in [1.165, 1.54) is 5.56 Å². The number of methoxy groups -OCH3 is 3. The summed E-state index contributed by atoms with van der Waals surface area (Å²) in [6, 6.07) is 14.9. The van der Waals surface area contributed by atoms with Crippen LogP contribution in [0.3, 0.4) is 0 Å². The number of nitrogens with one attached hydrogen (secondary N) is 1. The Balaban J connectivity index is 1.45. The van der Waals surface area contributed by atoms with Crippen molar-refractivity contribution in [3.05, 3.63) is 53.6 Å². The average molecular weight is 543 g/mol. The molecule has 8 heteroatoms. The topological polar surface area (TPSA) is 81.7 Å². The minimum absolute atomic E-state index is 0.00339. The number of hydrogen-bond donors (Lipinski definition) is 2. The van der Waals surface area contributed by atoms with Crippen molar-refractivity contribution in [3.63, 3.8) is 0 Å². The predicted octanol–water partition coefficient (Wildman–Crippen LogP) is 4.14. The fourth-order valence-electron chi connectivity index (χ4n) is 5.70. The lowest BCUT2D eigenvalue weighted by Crippen LogP contribution is -2.49. The zero-order valence-corrected chi connectivity index (χ0v) is 24.0. The maximum absolute atomic E-state index is 10.9. The first kappa shape index (κ1) is 29.6. The molecule has 4 rings (SSSR count). The molecule has 1 saturated heterocycles. The molecule has 216 valence electrons. The van der Waals surface area contributed by atoms with E-state index in [-0.39, 0.29) is 18.1 Å². The van der Waals surface area contributed by atoms with Crippen molar-refractivity contribution in [3.8, 4) is 11.5 Å². The molecule has 2 aromatic carbocycles. The molecule has 0 aliphatic carbocycles. The highest BCUT2D eigenvalue weighted by Gasteiger charge is 2.35. The summed E-state index contributed by atoms with van der Waals surface area (Å²) in [6.07, 6.45) is 3.14. The van der Waals surface area contributed by atoms with E-state index in [0.29, 0.717) is 32.7 Å². The number of aliphatic hydroxyl groups is 1. The Kier molecular flexibility index (Phi) is 10.9. The maximum Gasteiger partial charge on any atom is 0.142 e. The third-order valence-electron chi connectivity index (χ3n) is 7.89. The fourth-order valence-corrected chi connectivity index (χ4v) is 5.70. The largest absolute Gasteiger partial charge is 0.497 e. The molecular formula is C31H46N2O6. The van der Waals surface area contributed by atoms with Gasteiger partial charge in [0.15, 0.2) is 0 Å². The summed E-state index contributed by atoms with van der Waals surface area (Å²) in [7, 11) is 5.10. The number of nitrogens with zero attached hydrogens (tertiary/aromatic N) is 1. The number of fused-ring (bicyclic) bond motifs is 1. The molecule has 0 spiro atoms. The summed E-state index contributed by atoms with van der Waals surface area (Å²) in [5, 5.41) is 14.6. The van der Waals surface area contributed by atoms with Crippen molar-refractivity contribution >= 4 is 5.69 Å². The molecule has 4 atom stereocenters. The molecule has 39 heavy (non-hydrogen) atoms. The summed E-state index contributed by atoms with van der Waals surface area (Å²) in [5.74, 6) is 1.98. The number of piperidine rings is 1. The van der Waals surface area contributed by atoms with E-state index in [1.54, 1.807) is 21.3 Å². The van der Waals surface area contributed by atoms with E-state index < -0.39 is 5.60 Å². The lowest BCUT2D eigenvalue weighted by Gasteiger charge is -2.40. The van der Waals surface area contributed by atoms with Gasteiger partial charge in [-0.15, -0.1) is 0 Å². The molecule has 1 fully saturated rings.